The normalized spacial score (nSPS) is 19.3. The molecule has 5 nitrogen and oxygen atoms in total. The van der Waals surface area contributed by atoms with Crippen LogP contribution in [0.4, 0.5) is 0 Å². The van der Waals surface area contributed by atoms with Crippen LogP contribution in [0.1, 0.15) is 28.8 Å². The van der Waals surface area contributed by atoms with Gasteiger partial charge in [-0.05, 0) is 30.5 Å². The molecule has 0 bridgehead atoms. The van der Waals surface area contributed by atoms with Gasteiger partial charge >= 0.3 is 0 Å². The number of aliphatic hydroxyl groups is 1. The lowest BCUT2D eigenvalue weighted by molar-refractivity contribution is 0.0677. The fourth-order valence-electron chi connectivity index (χ4n) is 2.51. The summed E-state index contributed by atoms with van der Waals surface area (Å²) in [6.07, 6.45) is 2.92. The zero-order valence-electron chi connectivity index (χ0n) is 11.4. The number of likely N-dealkylation sites (tertiary alicyclic amines) is 1. The first-order valence-corrected chi connectivity index (χ1v) is 8.65. The number of nitrogens with zero attached hydrogens (tertiary/aromatic N) is 1. The molecular formula is C14H19NO4S. The second-order valence-electron chi connectivity index (χ2n) is 5.24. The fourth-order valence-corrected chi connectivity index (χ4v) is 3.30. The average Bonchev–Trinajstić information content (AvgIpc) is 2.85. The third-order valence-corrected chi connectivity index (χ3v) is 4.34. The van der Waals surface area contributed by atoms with Crippen molar-refractivity contribution in [3.8, 4) is 0 Å². The lowest BCUT2D eigenvalue weighted by Gasteiger charge is -2.23. The minimum atomic E-state index is -3.07. The van der Waals surface area contributed by atoms with Crippen molar-refractivity contribution >= 4 is 15.7 Å². The first-order valence-electron chi connectivity index (χ1n) is 6.59. The minimum Gasteiger partial charge on any atom is -0.394 e. The number of sulfone groups is 1. The standard InChI is InChI=1S/C14H19NO4S/c1-20(18,19)10-11-4-6-12(7-5-11)14(17)15-8-2-3-13(15)9-16/h4-7,13,16H,2-3,8-10H2,1H3. The van der Waals surface area contributed by atoms with E-state index >= 15 is 0 Å². The molecule has 1 heterocycles. The molecule has 1 fully saturated rings. The Bertz CT molecular complexity index is 580. The fraction of sp³-hybridized carbons (Fsp3) is 0.500. The molecule has 110 valence electrons. The Morgan fingerprint density at radius 1 is 1.35 bits per heavy atom. The van der Waals surface area contributed by atoms with Gasteiger partial charge in [-0.15, -0.1) is 0 Å². The number of amides is 1. The molecule has 1 amide bonds. The highest BCUT2D eigenvalue weighted by Gasteiger charge is 2.28. The van der Waals surface area contributed by atoms with E-state index in [0.29, 0.717) is 17.7 Å². The van der Waals surface area contributed by atoms with Crippen LogP contribution in [-0.2, 0) is 15.6 Å². The highest BCUT2D eigenvalue weighted by Crippen LogP contribution is 2.20. The van der Waals surface area contributed by atoms with Gasteiger partial charge in [-0.25, -0.2) is 8.42 Å². The van der Waals surface area contributed by atoms with E-state index in [2.05, 4.69) is 0 Å². The molecule has 0 radical (unpaired) electrons. The van der Waals surface area contributed by atoms with E-state index in [0.717, 1.165) is 12.8 Å². The van der Waals surface area contributed by atoms with Gasteiger partial charge < -0.3 is 10.0 Å². The van der Waals surface area contributed by atoms with Crippen molar-refractivity contribution in [2.24, 2.45) is 0 Å². The van der Waals surface area contributed by atoms with Crippen LogP contribution >= 0.6 is 0 Å². The highest BCUT2D eigenvalue weighted by molar-refractivity contribution is 7.89. The summed E-state index contributed by atoms with van der Waals surface area (Å²) < 4.78 is 22.4. The van der Waals surface area contributed by atoms with Gasteiger partial charge in [0.15, 0.2) is 9.84 Å². The van der Waals surface area contributed by atoms with E-state index in [-0.39, 0.29) is 24.3 Å². The van der Waals surface area contributed by atoms with Gasteiger partial charge in [0.25, 0.3) is 5.91 Å². The summed E-state index contributed by atoms with van der Waals surface area (Å²) in [7, 11) is -3.07. The van der Waals surface area contributed by atoms with Gasteiger partial charge in [0.05, 0.1) is 18.4 Å². The Labute approximate surface area is 119 Å². The van der Waals surface area contributed by atoms with E-state index in [1.54, 1.807) is 29.2 Å². The third-order valence-electron chi connectivity index (χ3n) is 3.48. The monoisotopic (exact) mass is 297 g/mol. The Kier molecular flexibility index (Phi) is 4.45. The van der Waals surface area contributed by atoms with Crippen LogP contribution in [-0.4, -0.2) is 49.8 Å². The molecule has 0 aliphatic carbocycles. The second kappa shape index (κ2) is 5.93. The van der Waals surface area contributed by atoms with Crippen LogP contribution < -0.4 is 0 Å². The molecule has 20 heavy (non-hydrogen) atoms. The summed E-state index contributed by atoms with van der Waals surface area (Å²) in [5, 5.41) is 9.24. The number of carbonyl (C=O) groups excluding carboxylic acids is 1. The Morgan fingerprint density at radius 2 is 2.00 bits per heavy atom. The molecule has 0 spiro atoms. The number of rotatable bonds is 4. The summed E-state index contributed by atoms with van der Waals surface area (Å²) in [6.45, 7) is 0.646. The van der Waals surface area contributed by atoms with Crippen LogP contribution in [0.3, 0.4) is 0 Å². The van der Waals surface area contributed by atoms with Gasteiger partial charge in [-0.2, -0.15) is 0 Å². The summed E-state index contributed by atoms with van der Waals surface area (Å²) in [5.41, 5.74) is 1.20. The molecular weight excluding hydrogens is 278 g/mol. The van der Waals surface area contributed by atoms with Crippen molar-refractivity contribution in [1.82, 2.24) is 4.90 Å². The van der Waals surface area contributed by atoms with Gasteiger partial charge in [-0.3, -0.25) is 4.79 Å². The van der Waals surface area contributed by atoms with Crippen LogP contribution in [0.25, 0.3) is 0 Å². The highest BCUT2D eigenvalue weighted by atomic mass is 32.2. The molecule has 6 heteroatoms. The van der Waals surface area contributed by atoms with Gasteiger partial charge in [0.2, 0.25) is 0 Å². The summed E-state index contributed by atoms with van der Waals surface area (Å²) in [4.78, 5) is 14.0. The maximum Gasteiger partial charge on any atom is 0.254 e. The predicted molar refractivity (Wildman–Crippen MR) is 76.1 cm³/mol. The molecule has 2 rings (SSSR count). The maximum absolute atomic E-state index is 12.3. The third kappa shape index (κ3) is 3.58. The van der Waals surface area contributed by atoms with E-state index in [9.17, 15) is 18.3 Å². The molecule has 0 aromatic heterocycles. The summed E-state index contributed by atoms with van der Waals surface area (Å²) >= 11 is 0. The van der Waals surface area contributed by atoms with Crippen LogP contribution in [0.5, 0.6) is 0 Å². The molecule has 1 aliphatic rings. The first kappa shape index (κ1) is 15.0. The average molecular weight is 297 g/mol. The zero-order valence-corrected chi connectivity index (χ0v) is 12.3. The molecule has 1 N–H and O–H groups in total. The predicted octanol–water partition coefficient (Wildman–Crippen LogP) is 0.828. The number of hydrogen-bond donors (Lipinski definition) is 1. The van der Waals surface area contributed by atoms with Crippen molar-refractivity contribution in [2.45, 2.75) is 24.6 Å². The first-order chi connectivity index (χ1) is 9.40. The maximum atomic E-state index is 12.3. The Morgan fingerprint density at radius 3 is 2.55 bits per heavy atom. The molecule has 1 aromatic rings. The molecule has 1 aromatic carbocycles. The smallest absolute Gasteiger partial charge is 0.254 e. The van der Waals surface area contributed by atoms with Crippen molar-refractivity contribution in [3.05, 3.63) is 35.4 Å². The second-order valence-corrected chi connectivity index (χ2v) is 7.38. The lowest BCUT2D eigenvalue weighted by Crippen LogP contribution is -2.37. The number of hydrogen-bond acceptors (Lipinski definition) is 4. The van der Waals surface area contributed by atoms with E-state index < -0.39 is 9.84 Å². The molecule has 1 atom stereocenters. The van der Waals surface area contributed by atoms with Crippen LogP contribution in [0, 0.1) is 0 Å². The summed E-state index contributed by atoms with van der Waals surface area (Å²) in [6, 6.07) is 6.53. The zero-order chi connectivity index (χ0) is 14.8. The minimum absolute atomic E-state index is 0.0160. The SMILES string of the molecule is CS(=O)(=O)Cc1ccc(C(=O)N2CCCC2CO)cc1. The molecule has 1 saturated heterocycles. The van der Waals surface area contributed by atoms with Crippen molar-refractivity contribution in [3.63, 3.8) is 0 Å². The van der Waals surface area contributed by atoms with E-state index in [1.807, 2.05) is 0 Å². The number of aliphatic hydroxyl groups excluding tert-OH is 1. The molecule has 1 unspecified atom stereocenters. The van der Waals surface area contributed by atoms with Crippen molar-refractivity contribution in [2.75, 3.05) is 19.4 Å². The lowest BCUT2D eigenvalue weighted by atomic mass is 10.1. The number of benzene rings is 1. The van der Waals surface area contributed by atoms with Gasteiger partial charge in [-0.1, -0.05) is 12.1 Å². The number of carbonyl (C=O) groups is 1. The van der Waals surface area contributed by atoms with Crippen molar-refractivity contribution < 1.29 is 18.3 Å². The largest absolute Gasteiger partial charge is 0.394 e. The molecule has 0 saturated carbocycles. The van der Waals surface area contributed by atoms with Gasteiger partial charge in [0, 0.05) is 18.4 Å². The van der Waals surface area contributed by atoms with Gasteiger partial charge in [0.1, 0.15) is 0 Å². The topological polar surface area (TPSA) is 74.7 Å². The summed E-state index contributed by atoms with van der Waals surface area (Å²) in [5.74, 6) is -0.128. The van der Waals surface area contributed by atoms with Crippen molar-refractivity contribution in [1.29, 1.82) is 0 Å². The quantitative estimate of drug-likeness (QED) is 0.893. The Hall–Kier alpha value is -1.40. The van der Waals surface area contributed by atoms with E-state index in [4.69, 9.17) is 0 Å². The van der Waals surface area contributed by atoms with E-state index in [1.165, 1.54) is 6.26 Å². The van der Waals surface area contributed by atoms with Crippen LogP contribution in [0.2, 0.25) is 0 Å². The van der Waals surface area contributed by atoms with Crippen LogP contribution in [0.15, 0.2) is 24.3 Å². The Balaban J connectivity index is 2.11. The molecule has 1 aliphatic heterocycles.